The van der Waals surface area contributed by atoms with Crippen LogP contribution in [0.4, 0.5) is 21.6 Å². The molecule has 3 fully saturated rings. The van der Waals surface area contributed by atoms with Crippen molar-refractivity contribution < 1.29 is 18.7 Å². The van der Waals surface area contributed by atoms with Crippen molar-refractivity contribution in [3.05, 3.63) is 59.7 Å². The summed E-state index contributed by atoms with van der Waals surface area (Å²) >= 11 is 5.95. The zero-order valence-electron chi connectivity index (χ0n) is 20.8. The van der Waals surface area contributed by atoms with Crippen LogP contribution in [0.1, 0.15) is 25.7 Å². The summed E-state index contributed by atoms with van der Waals surface area (Å²) in [5.41, 5.74) is 1.76. The van der Waals surface area contributed by atoms with Crippen LogP contribution in [0.15, 0.2) is 48.8 Å². The fourth-order valence-electron chi connectivity index (χ4n) is 4.93. The van der Waals surface area contributed by atoms with Gasteiger partial charge in [0.05, 0.1) is 35.0 Å². The summed E-state index contributed by atoms with van der Waals surface area (Å²) in [5.74, 6) is 0.864. The number of aromatic nitrogens is 2. The number of carbonyl (C=O) groups is 1. The van der Waals surface area contributed by atoms with Gasteiger partial charge in [-0.3, -0.25) is 9.69 Å². The number of anilines is 3. The molecule has 3 heterocycles. The summed E-state index contributed by atoms with van der Waals surface area (Å²) < 4.78 is 25.6. The van der Waals surface area contributed by atoms with Crippen LogP contribution in [-0.4, -0.2) is 59.2 Å². The number of hydrogen-bond donors (Lipinski definition) is 2. The van der Waals surface area contributed by atoms with Gasteiger partial charge in [0.25, 0.3) is 0 Å². The van der Waals surface area contributed by atoms with Crippen LogP contribution in [-0.2, 0) is 9.53 Å². The van der Waals surface area contributed by atoms with Crippen LogP contribution in [0.5, 0.6) is 5.75 Å². The SMILES string of the molecule is O=C(C=CCN1CC2CCC(C1)O2)Nc1cc2c(Nc3ccc(F)c(Cl)c3)ncnc2cc1OCC1CC1. The van der Waals surface area contributed by atoms with Gasteiger partial charge in [0.1, 0.15) is 23.7 Å². The maximum atomic E-state index is 13.6. The summed E-state index contributed by atoms with van der Waals surface area (Å²) in [7, 11) is 0. The minimum atomic E-state index is -0.499. The monoisotopic (exact) mass is 537 g/mol. The lowest BCUT2D eigenvalue weighted by Crippen LogP contribution is -2.42. The van der Waals surface area contributed by atoms with Crippen molar-refractivity contribution in [1.29, 1.82) is 0 Å². The summed E-state index contributed by atoms with van der Waals surface area (Å²) in [6.45, 7) is 3.10. The Kier molecular flexibility index (Phi) is 7.14. The molecular weight excluding hydrogens is 509 g/mol. The third-order valence-corrected chi connectivity index (χ3v) is 7.39. The second kappa shape index (κ2) is 10.8. The molecule has 8 nitrogen and oxygen atoms in total. The van der Waals surface area contributed by atoms with E-state index in [-0.39, 0.29) is 10.9 Å². The molecule has 2 unspecified atom stereocenters. The lowest BCUT2D eigenvalue weighted by molar-refractivity contribution is -0.111. The van der Waals surface area contributed by atoms with Gasteiger partial charge in [0.15, 0.2) is 0 Å². The predicted octanol–water partition coefficient (Wildman–Crippen LogP) is 5.31. The van der Waals surface area contributed by atoms with E-state index in [0.29, 0.717) is 65.1 Å². The second-order valence-electron chi connectivity index (χ2n) is 10.2. The highest BCUT2D eigenvalue weighted by Crippen LogP contribution is 2.36. The van der Waals surface area contributed by atoms with Crippen molar-refractivity contribution >= 4 is 45.6 Å². The maximum Gasteiger partial charge on any atom is 0.248 e. The summed E-state index contributed by atoms with van der Waals surface area (Å²) in [5, 5.41) is 6.83. The van der Waals surface area contributed by atoms with E-state index in [0.717, 1.165) is 38.8 Å². The third kappa shape index (κ3) is 5.90. The van der Waals surface area contributed by atoms with E-state index < -0.39 is 5.82 Å². The van der Waals surface area contributed by atoms with Crippen LogP contribution in [0.3, 0.4) is 0 Å². The molecule has 0 spiro atoms. The molecule has 3 aromatic rings. The van der Waals surface area contributed by atoms with E-state index >= 15 is 0 Å². The van der Waals surface area contributed by atoms with Gasteiger partial charge in [0, 0.05) is 42.9 Å². The highest BCUT2D eigenvalue weighted by molar-refractivity contribution is 6.31. The fraction of sp³-hybridized carbons (Fsp3) is 0.393. The topological polar surface area (TPSA) is 88.6 Å². The lowest BCUT2D eigenvalue weighted by Gasteiger charge is -2.31. The molecule has 1 aromatic heterocycles. The van der Waals surface area contributed by atoms with Crippen molar-refractivity contribution in [2.24, 2.45) is 5.92 Å². The van der Waals surface area contributed by atoms with E-state index in [1.165, 1.54) is 18.5 Å². The van der Waals surface area contributed by atoms with E-state index in [4.69, 9.17) is 21.1 Å². The normalized spacial score (nSPS) is 21.2. The number of morpholine rings is 1. The Balaban J connectivity index is 1.21. The van der Waals surface area contributed by atoms with Gasteiger partial charge in [-0.2, -0.15) is 0 Å². The molecule has 10 heteroatoms. The molecule has 2 aromatic carbocycles. The van der Waals surface area contributed by atoms with Crippen LogP contribution in [0.25, 0.3) is 10.9 Å². The van der Waals surface area contributed by atoms with Crippen molar-refractivity contribution in [1.82, 2.24) is 14.9 Å². The molecule has 2 atom stereocenters. The summed E-state index contributed by atoms with van der Waals surface area (Å²) in [6.07, 6.45) is 10.1. The maximum absolute atomic E-state index is 13.6. The lowest BCUT2D eigenvalue weighted by atomic mass is 10.1. The molecule has 1 amide bonds. The minimum Gasteiger partial charge on any atom is -0.491 e. The zero-order valence-corrected chi connectivity index (χ0v) is 21.6. The van der Waals surface area contributed by atoms with Crippen LogP contribution in [0, 0.1) is 11.7 Å². The van der Waals surface area contributed by atoms with Crippen molar-refractivity contribution in [2.75, 3.05) is 36.9 Å². The Morgan fingerprint density at radius 1 is 1.16 bits per heavy atom. The molecule has 2 N–H and O–H groups in total. The van der Waals surface area contributed by atoms with Gasteiger partial charge >= 0.3 is 0 Å². The molecule has 3 aliphatic rings. The Bertz CT molecular complexity index is 1370. The smallest absolute Gasteiger partial charge is 0.248 e. The number of likely N-dealkylation sites (tertiary alicyclic amines) is 1. The van der Waals surface area contributed by atoms with E-state index in [9.17, 15) is 9.18 Å². The van der Waals surface area contributed by atoms with Crippen LogP contribution in [0.2, 0.25) is 5.02 Å². The fourth-order valence-corrected chi connectivity index (χ4v) is 5.12. The molecule has 0 radical (unpaired) electrons. The van der Waals surface area contributed by atoms with Crippen molar-refractivity contribution in [2.45, 2.75) is 37.9 Å². The number of rotatable bonds is 9. The Morgan fingerprint density at radius 2 is 1.97 bits per heavy atom. The van der Waals surface area contributed by atoms with Gasteiger partial charge in [0.2, 0.25) is 5.91 Å². The van der Waals surface area contributed by atoms with Crippen molar-refractivity contribution in [3.63, 3.8) is 0 Å². The number of amides is 1. The van der Waals surface area contributed by atoms with Gasteiger partial charge < -0.3 is 20.1 Å². The third-order valence-electron chi connectivity index (χ3n) is 7.10. The first-order chi connectivity index (χ1) is 18.5. The molecule has 1 saturated carbocycles. The average molecular weight is 538 g/mol. The molecular formula is C28H29ClFN5O3. The number of halogens is 2. The van der Waals surface area contributed by atoms with E-state index in [2.05, 4.69) is 25.5 Å². The molecule has 6 rings (SSSR count). The van der Waals surface area contributed by atoms with Gasteiger partial charge in [-0.05, 0) is 55.9 Å². The number of carbonyl (C=O) groups excluding carboxylic acids is 1. The van der Waals surface area contributed by atoms with Gasteiger partial charge in [-0.25, -0.2) is 14.4 Å². The number of nitrogens with zero attached hydrogens (tertiary/aromatic N) is 3. The van der Waals surface area contributed by atoms with Crippen LogP contribution < -0.4 is 15.4 Å². The number of benzene rings is 2. The zero-order chi connectivity index (χ0) is 26.1. The minimum absolute atomic E-state index is 0.00796. The van der Waals surface area contributed by atoms with Gasteiger partial charge in [-0.1, -0.05) is 17.7 Å². The van der Waals surface area contributed by atoms with Crippen molar-refractivity contribution in [3.8, 4) is 5.75 Å². The Morgan fingerprint density at radius 3 is 2.74 bits per heavy atom. The highest BCUT2D eigenvalue weighted by Gasteiger charge is 2.33. The van der Waals surface area contributed by atoms with Gasteiger partial charge in [-0.15, -0.1) is 0 Å². The molecule has 198 valence electrons. The number of fused-ring (bicyclic) bond motifs is 3. The first-order valence-electron chi connectivity index (χ1n) is 13.0. The molecule has 2 aliphatic heterocycles. The molecule has 1 aliphatic carbocycles. The Hall–Kier alpha value is -3.27. The number of hydrogen-bond acceptors (Lipinski definition) is 7. The number of ether oxygens (including phenoxy) is 2. The van der Waals surface area contributed by atoms with E-state index in [1.807, 2.05) is 12.1 Å². The average Bonchev–Trinajstić information content (AvgIpc) is 3.67. The van der Waals surface area contributed by atoms with Crippen LogP contribution >= 0.6 is 11.6 Å². The molecule has 38 heavy (non-hydrogen) atoms. The number of nitrogens with one attached hydrogen (secondary N) is 2. The first-order valence-corrected chi connectivity index (χ1v) is 13.4. The largest absolute Gasteiger partial charge is 0.491 e. The van der Waals surface area contributed by atoms with E-state index in [1.54, 1.807) is 18.2 Å². The predicted molar refractivity (Wildman–Crippen MR) is 145 cm³/mol. The Labute approximate surface area is 225 Å². The summed E-state index contributed by atoms with van der Waals surface area (Å²) in [4.78, 5) is 24.0. The first kappa shape index (κ1) is 25.0. The standard InChI is InChI=1S/C28H29ClFN5O3/c29-22-10-18(5-8-23(22)30)33-28-21-11-25(26(37-15-17-3-4-17)12-24(21)31-16-32-28)34-27(36)2-1-9-35-13-19-6-7-20(14-35)38-19/h1-2,5,8,10-12,16-17,19-20H,3-4,6-7,9,13-15H2,(H,34,36)(H,31,32,33). The molecule has 2 saturated heterocycles. The highest BCUT2D eigenvalue weighted by atomic mass is 35.5. The molecule has 2 bridgehead atoms. The quantitative estimate of drug-likeness (QED) is 0.357. The second-order valence-corrected chi connectivity index (χ2v) is 10.6. The summed E-state index contributed by atoms with van der Waals surface area (Å²) in [6, 6.07) is 7.97.